The largest absolute Gasteiger partial charge is 0.392 e. The first kappa shape index (κ1) is 13.3. The standard InChI is InChI=1S/C11H24OS/c1-4-8-13-9-11(12)7-5-6-10(2)3/h10-12H,4-9H2,1-3H3. The van der Waals surface area contributed by atoms with Crippen molar-refractivity contribution < 1.29 is 5.11 Å². The SMILES string of the molecule is CCCSCC(O)CCCC(C)C. The summed E-state index contributed by atoms with van der Waals surface area (Å²) in [5.41, 5.74) is 0. The first-order valence-corrected chi connectivity index (χ1v) is 6.58. The molecule has 0 aromatic carbocycles. The molecule has 0 aliphatic carbocycles. The number of thioether (sulfide) groups is 1. The Balaban J connectivity index is 3.15. The van der Waals surface area contributed by atoms with E-state index in [1.165, 1.54) is 25.0 Å². The molecular formula is C11H24OS. The maximum atomic E-state index is 9.57. The molecule has 80 valence electrons. The van der Waals surface area contributed by atoms with Crippen molar-refractivity contribution >= 4 is 11.8 Å². The summed E-state index contributed by atoms with van der Waals surface area (Å²) in [6.07, 6.45) is 4.54. The van der Waals surface area contributed by atoms with Gasteiger partial charge in [0.15, 0.2) is 0 Å². The van der Waals surface area contributed by atoms with Crippen LogP contribution in [-0.2, 0) is 0 Å². The first-order valence-electron chi connectivity index (χ1n) is 5.42. The molecule has 0 aliphatic heterocycles. The second-order valence-electron chi connectivity index (χ2n) is 4.05. The molecule has 0 bridgehead atoms. The molecule has 1 atom stereocenters. The van der Waals surface area contributed by atoms with Gasteiger partial charge in [-0.25, -0.2) is 0 Å². The van der Waals surface area contributed by atoms with E-state index in [1.807, 2.05) is 11.8 Å². The molecule has 13 heavy (non-hydrogen) atoms. The molecule has 2 heteroatoms. The summed E-state index contributed by atoms with van der Waals surface area (Å²) < 4.78 is 0. The minimum Gasteiger partial charge on any atom is -0.392 e. The van der Waals surface area contributed by atoms with Gasteiger partial charge < -0.3 is 5.11 Å². The van der Waals surface area contributed by atoms with Gasteiger partial charge in [-0.1, -0.05) is 33.6 Å². The fourth-order valence-electron chi connectivity index (χ4n) is 1.21. The number of aliphatic hydroxyl groups is 1. The van der Waals surface area contributed by atoms with Crippen molar-refractivity contribution in [3.8, 4) is 0 Å². The number of hydrogen-bond donors (Lipinski definition) is 1. The highest BCUT2D eigenvalue weighted by atomic mass is 32.2. The van der Waals surface area contributed by atoms with Crippen molar-refractivity contribution in [1.82, 2.24) is 0 Å². The molecule has 0 aromatic rings. The van der Waals surface area contributed by atoms with Crippen LogP contribution in [0.3, 0.4) is 0 Å². The minimum absolute atomic E-state index is 0.0738. The predicted molar refractivity (Wildman–Crippen MR) is 62.3 cm³/mol. The summed E-state index contributed by atoms with van der Waals surface area (Å²) in [6.45, 7) is 6.65. The average Bonchev–Trinajstić information content (AvgIpc) is 2.04. The lowest BCUT2D eigenvalue weighted by molar-refractivity contribution is 0.183. The van der Waals surface area contributed by atoms with Crippen molar-refractivity contribution in [2.45, 2.75) is 52.6 Å². The number of rotatable bonds is 8. The van der Waals surface area contributed by atoms with Gasteiger partial charge in [0.2, 0.25) is 0 Å². The highest BCUT2D eigenvalue weighted by Crippen LogP contribution is 2.12. The Morgan fingerprint density at radius 1 is 1.23 bits per heavy atom. The molecule has 1 N–H and O–H groups in total. The van der Waals surface area contributed by atoms with Crippen LogP contribution in [0.2, 0.25) is 0 Å². The van der Waals surface area contributed by atoms with E-state index in [9.17, 15) is 5.11 Å². The predicted octanol–water partition coefficient (Wildman–Crippen LogP) is 3.32. The summed E-state index contributed by atoms with van der Waals surface area (Å²) in [4.78, 5) is 0. The van der Waals surface area contributed by atoms with Gasteiger partial charge in [-0.05, 0) is 24.5 Å². The Morgan fingerprint density at radius 3 is 2.46 bits per heavy atom. The van der Waals surface area contributed by atoms with Crippen LogP contribution >= 0.6 is 11.8 Å². The lowest BCUT2D eigenvalue weighted by atomic mass is 10.1. The van der Waals surface area contributed by atoms with E-state index in [0.717, 1.165) is 18.1 Å². The Morgan fingerprint density at radius 2 is 1.92 bits per heavy atom. The molecule has 0 rings (SSSR count). The highest BCUT2D eigenvalue weighted by molar-refractivity contribution is 7.99. The van der Waals surface area contributed by atoms with Gasteiger partial charge in [-0.2, -0.15) is 11.8 Å². The summed E-state index contributed by atoms with van der Waals surface area (Å²) in [5, 5.41) is 9.57. The number of hydrogen-bond acceptors (Lipinski definition) is 2. The van der Waals surface area contributed by atoms with Crippen molar-refractivity contribution in [2.75, 3.05) is 11.5 Å². The van der Waals surface area contributed by atoms with Crippen LogP contribution in [0, 0.1) is 5.92 Å². The molecule has 0 amide bonds. The number of aliphatic hydroxyl groups excluding tert-OH is 1. The van der Waals surface area contributed by atoms with Crippen LogP contribution in [0.5, 0.6) is 0 Å². The third kappa shape index (κ3) is 10.2. The van der Waals surface area contributed by atoms with Crippen LogP contribution < -0.4 is 0 Å². The molecule has 0 fully saturated rings. The Hall–Kier alpha value is 0.310. The minimum atomic E-state index is -0.0738. The normalized spacial score (nSPS) is 13.6. The van der Waals surface area contributed by atoms with Crippen LogP contribution in [0.4, 0.5) is 0 Å². The smallest absolute Gasteiger partial charge is 0.0630 e. The van der Waals surface area contributed by atoms with E-state index in [0.29, 0.717) is 0 Å². The van der Waals surface area contributed by atoms with Crippen molar-refractivity contribution in [3.63, 3.8) is 0 Å². The Kier molecular flexibility index (Phi) is 9.10. The quantitative estimate of drug-likeness (QED) is 0.612. The molecule has 0 aromatic heterocycles. The zero-order valence-electron chi connectivity index (χ0n) is 9.25. The maximum absolute atomic E-state index is 9.57. The molecule has 0 saturated heterocycles. The van der Waals surface area contributed by atoms with Gasteiger partial charge in [0.1, 0.15) is 0 Å². The Bertz CT molecular complexity index is 104. The summed E-state index contributed by atoms with van der Waals surface area (Å²) in [7, 11) is 0. The molecule has 0 spiro atoms. The van der Waals surface area contributed by atoms with E-state index in [1.54, 1.807) is 0 Å². The van der Waals surface area contributed by atoms with E-state index >= 15 is 0 Å². The molecular weight excluding hydrogens is 180 g/mol. The zero-order chi connectivity index (χ0) is 10.1. The topological polar surface area (TPSA) is 20.2 Å². The molecule has 0 saturated carbocycles. The van der Waals surface area contributed by atoms with E-state index in [2.05, 4.69) is 20.8 Å². The zero-order valence-corrected chi connectivity index (χ0v) is 10.1. The van der Waals surface area contributed by atoms with E-state index in [4.69, 9.17) is 0 Å². The van der Waals surface area contributed by atoms with Crippen molar-refractivity contribution in [3.05, 3.63) is 0 Å². The highest BCUT2D eigenvalue weighted by Gasteiger charge is 2.04. The van der Waals surface area contributed by atoms with Crippen LogP contribution in [0.15, 0.2) is 0 Å². The van der Waals surface area contributed by atoms with Gasteiger partial charge in [0, 0.05) is 5.75 Å². The van der Waals surface area contributed by atoms with Crippen molar-refractivity contribution in [2.24, 2.45) is 5.92 Å². The molecule has 1 unspecified atom stereocenters. The maximum Gasteiger partial charge on any atom is 0.0630 e. The van der Waals surface area contributed by atoms with Crippen molar-refractivity contribution in [1.29, 1.82) is 0 Å². The summed E-state index contributed by atoms with van der Waals surface area (Å²) in [5.74, 6) is 2.88. The second kappa shape index (κ2) is 8.89. The second-order valence-corrected chi connectivity index (χ2v) is 5.20. The molecule has 0 radical (unpaired) electrons. The summed E-state index contributed by atoms with van der Waals surface area (Å²) >= 11 is 1.87. The Labute approximate surface area is 87.3 Å². The summed E-state index contributed by atoms with van der Waals surface area (Å²) in [6, 6.07) is 0. The van der Waals surface area contributed by atoms with Crippen LogP contribution in [-0.4, -0.2) is 22.7 Å². The van der Waals surface area contributed by atoms with Gasteiger partial charge >= 0.3 is 0 Å². The monoisotopic (exact) mass is 204 g/mol. The van der Waals surface area contributed by atoms with Gasteiger partial charge in [-0.3, -0.25) is 0 Å². The molecule has 1 nitrogen and oxygen atoms in total. The fourth-order valence-corrected chi connectivity index (χ4v) is 2.10. The van der Waals surface area contributed by atoms with Crippen LogP contribution in [0.25, 0.3) is 0 Å². The third-order valence-corrected chi connectivity index (χ3v) is 3.29. The average molecular weight is 204 g/mol. The van der Waals surface area contributed by atoms with Crippen LogP contribution in [0.1, 0.15) is 46.5 Å². The van der Waals surface area contributed by atoms with Gasteiger partial charge in [0.05, 0.1) is 6.10 Å². The third-order valence-electron chi connectivity index (χ3n) is 1.98. The fraction of sp³-hybridized carbons (Fsp3) is 1.00. The van der Waals surface area contributed by atoms with Gasteiger partial charge in [0.25, 0.3) is 0 Å². The first-order chi connectivity index (χ1) is 6.16. The van der Waals surface area contributed by atoms with E-state index in [-0.39, 0.29) is 6.10 Å². The lowest BCUT2D eigenvalue weighted by Crippen LogP contribution is -2.10. The lowest BCUT2D eigenvalue weighted by Gasteiger charge is -2.10. The molecule has 0 aliphatic rings. The van der Waals surface area contributed by atoms with Gasteiger partial charge in [-0.15, -0.1) is 0 Å². The molecule has 0 heterocycles. The van der Waals surface area contributed by atoms with E-state index < -0.39 is 0 Å².